The van der Waals surface area contributed by atoms with Gasteiger partial charge in [-0.15, -0.1) is 0 Å². The zero-order valence-corrected chi connectivity index (χ0v) is 14.0. The molecule has 3 heterocycles. The van der Waals surface area contributed by atoms with Gasteiger partial charge in [0.15, 0.2) is 0 Å². The van der Waals surface area contributed by atoms with Crippen LogP contribution in [0.3, 0.4) is 0 Å². The van der Waals surface area contributed by atoms with Crippen LogP contribution in [0, 0.1) is 0 Å². The fourth-order valence-corrected chi connectivity index (χ4v) is 3.29. The van der Waals surface area contributed by atoms with Crippen LogP contribution >= 0.6 is 0 Å². The SMILES string of the molecule is O=C(CCc1ccc(-c2ccccc2)o1)N[C@@H]1CCc2nccn2C1. The molecule has 25 heavy (non-hydrogen) atoms. The molecule has 1 aromatic carbocycles. The van der Waals surface area contributed by atoms with E-state index in [0.29, 0.717) is 12.8 Å². The lowest BCUT2D eigenvalue weighted by Crippen LogP contribution is -2.40. The van der Waals surface area contributed by atoms with E-state index in [-0.39, 0.29) is 11.9 Å². The minimum atomic E-state index is 0.0752. The number of amides is 1. The monoisotopic (exact) mass is 335 g/mol. The van der Waals surface area contributed by atoms with E-state index < -0.39 is 0 Å². The molecule has 1 aliphatic rings. The van der Waals surface area contributed by atoms with Crippen molar-refractivity contribution < 1.29 is 9.21 Å². The van der Waals surface area contributed by atoms with E-state index in [2.05, 4.69) is 14.9 Å². The predicted octanol–water partition coefficient (Wildman–Crippen LogP) is 3.21. The lowest BCUT2D eigenvalue weighted by Gasteiger charge is -2.24. The first kappa shape index (κ1) is 15.7. The first-order valence-electron chi connectivity index (χ1n) is 8.71. The number of furan rings is 1. The molecule has 0 unspecified atom stereocenters. The van der Waals surface area contributed by atoms with Crippen LogP contribution in [0.2, 0.25) is 0 Å². The number of hydrogen-bond acceptors (Lipinski definition) is 3. The molecule has 1 aliphatic heterocycles. The second-order valence-corrected chi connectivity index (χ2v) is 6.43. The van der Waals surface area contributed by atoms with Crippen LogP contribution in [0.4, 0.5) is 0 Å². The standard InChI is InChI=1S/C20H21N3O2/c24-20(22-16-6-10-19-21-12-13-23(19)14-16)11-8-17-7-9-18(25-17)15-4-2-1-3-5-15/h1-5,7,9,12-13,16H,6,8,10-11,14H2,(H,22,24)/t16-/m1/s1. The van der Waals surface area contributed by atoms with Crippen molar-refractivity contribution in [2.45, 2.75) is 38.3 Å². The lowest BCUT2D eigenvalue weighted by molar-refractivity contribution is -0.122. The molecule has 1 amide bonds. The molecule has 1 N–H and O–H groups in total. The lowest BCUT2D eigenvalue weighted by atomic mass is 10.1. The second kappa shape index (κ2) is 6.97. The molecule has 128 valence electrons. The Morgan fingerprint density at radius 1 is 1.24 bits per heavy atom. The molecular formula is C20H21N3O2. The maximum Gasteiger partial charge on any atom is 0.220 e. The van der Waals surface area contributed by atoms with Gasteiger partial charge in [0, 0.05) is 49.8 Å². The number of nitrogens with one attached hydrogen (secondary N) is 1. The Morgan fingerprint density at radius 2 is 2.12 bits per heavy atom. The fourth-order valence-electron chi connectivity index (χ4n) is 3.29. The molecule has 0 aliphatic carbocycles. The van der Waals surface area contributed by atoms with Crippen LogP contribution in [-0.2, 0) is 24.2 Å². The van der Waals surface area contributed by atoms with Gasteiger partial charge in [-0.1, -0.05) is 30.3 Å². The minimum absolute atomic E-state index is 0.0752. The van der Waals surface area contributed by atoms with E-state index in [1.54, 1.807) is 0 Å². The van der Waals surface area contributed by atoms with Gasteiger partial charge in [-0.2, -0.15) is 0 Å². The van der Waals surface area contributed by atoms with Crippen LogP contribution in [0.5, 0.6) is 0 Å². The number of carbonyl (C=O) groups is 1. The molecule has 5 nitrogen and oxygen atoms in total. The summed E-state index contributed by atoms with van der Waals surface area (Å²) in [4.78, 5) is 16.5. The van der Waals surface area contributed by atoms with E-state index >= 15 is 0 Å². The van der Waals surface area contributed by atoms with Crippen LogP contribution in [0.1, 0.15) is 24.4 Å². The van der Waals surface area contributed by atoms with Gasteiger partial charge < -0.3 is 14.3 Å². The maximum absolute atomic E-state index is 12.2. The Kier molecular flexibility index (Phi) is 4.37. The zero-order chi connectivity index (χ0) is 17.1. The van der Waals surface area contributed by atoms with Crippen LogP contribution < -0.4 is 5.32 Å². The van der Waals surface area contributed by atoms with Crippen LogP contribution in [-0.4, -0.2) is 21.5 Å². The summed E-state index contributed by atoms with van der Waals surface area (Å²) >= 11 is 0. The average Bonchev–Trinajstić information content (AvgIpc) is 3.30. The highest BCUT2D eigenvalue weighted by Crippen LogP contribution is 2.22. The van der Waals surface area contributed by atoms with E-state index in [1.165, 1.54) is 0 Å². The van der Waals surface area contributed by atoms with Gasteiger partial charge in [0.2, 0.25) is 5.91 Å². The Balaban J connectivity index is 1.29. The van der Waals surface area contributed by atoms with Crippen molar-refractivity contribution in [3.8, 4) is 11.3 Å². The molecular weight excluding hydrogens is 314 g/mol. The molecule has 0 saturated carbocycles. The molecule has 0 spiro atoms. The Hall–Kier alpha value is -2.82. The number of imidazole rings is 1. The summed E-state index contributed by atoms with van der Waals surface area (Å²) in [6.45, 7) is 0.806. The average molecular weight is 335 g/mol. The van der Waals surface area contributed by atoms with Crippen molar-refractivity contribution in [1.82, 2.24) is 14.9 Å². The Morgan fingerprint density at radius 3 is 3.00 bits per heavy atom. The van der Waals surface area contributed by atoms with Crippen molar-refractivity contribution in [2.75, 3.05) is 0 Å². The van der Waals surface area contributed by atoms with Crippen molar-refractivity contribution in [1.29, 1.82) is 0 Å². The number of benzene rings is 1. The normalized spacial score (nSPS) is 16.4. The van der Waals surface area contributed by atoms with Gasteiger partial charge in [0.25, 0.3) is 0 Å². The highest BCUT2D eigenvalue weighted by atomic mass is 16.3. The highest BCUT2D eigenvalue weighted by Gasteiger charge is 2.20. The number of rotatable bonds is 5. The van der Waals surface area contributed by atoms with Gasteiger partial charge in [-0.3, -0.25) is 4.79 Å². The molecule has 4 rings (SSSR count). The largest absolute Gasteiger partial charge is 0.461 e. The number of aryl methyl sites for hydroxylation is 2. The third-order valence-electron chi connectivity index (χ3n) is 4.62. The topological polar surface area (TPSA) is 60.1 Å². The van der Waals surface area contributed by atoms with Gasteiger partial charge in [0.1, 0.15) is 17.3 Å². The summed E-state index contributed by atoms with van der Waals surface area (Å²) in [5, 5.41) is 3.13. The van der Waals surface area contributed by atoms with Gasteiger partial charge in [-0.25, -0.2) is 4.98 Å². The first-order valence-corrected chi connectivity index (χ1v) is 8.71. The van der Waals surface area contributed by atoms with Crippen molar-refractivity contribution in [2.24, 2.45) is 0 Å². The summed E-state index contributed by atoms with van der Waals surface area (Å²) in [5.41, 5.74) is 1.05. The van der Waals surface area contributed by atoms with E-state index in [1.807, 2.05) is 54.9 Å². The third-order valence-corrected chi connectivity index (χ3v) is 4.62. The maximum atomic E-state index is 12.2. The number of fused-ring (bicyclic) bond motifs is 1. The summed E-state index contributed by atoms with van der Waals surface area (Å²) in [5.74, 6) is 2.87. The van der Waals surface area contributed by atoms with Gasteiger partial charge >= 0.3 is 0 Å². The smallest absolute Gasteiger partial charge is 0.220 e. The fraction of sp³-hybridized carbons (Fsp3) is 0.300. The highest BCUT2D eigenvalue weighted by molar-refractivity contribution is 5.76. The van der Waals surface area contributed by atoms with Crippen molar-refractivity contribution >= 4 is 5.91 Å². The van der Waals surface area contributed by atoms with E-state index in [0.717, 1.165) is 42.3 Å². The van der Waals surface area contributed by atoms with E-state index in [9.17, 15) is 4.79 Å². The number of aromatic nitrogens is 2. The third kappa shape index (κ3) is 3.65. The predicted molar refractivity (Wildman–Crippen MR) is 94.9 cm³/mol. The number of nitrogens with zero attached hydrogens (tertiary/aromatic N) is 2. The first-order chi connectivity index (χ1) is 12.3. The summed E-state index contributed by atoms with van der Waals surface area (Å²) in [6, 6.07) is 14.1. The van der Waals surface area contributed by atoms with Crippen molar-refractivity contribution in [3.63, 3.8) is 0 Å². The zero-order valence-electron chi connectivity index (χ0n) is 14.0. The summed E-state index contributed by atoms with van der Waals surface area (Å²) in [7, 11) is 0. The van der Waals surface area contributed by atoms with Crippen LogP contribution in [0.15, 0.2) is 59.3 Å². The molecule has 3 aromatic rings. The number of carbonyl (C=O) groups excluding carboxylic acids is 1. The van der Waals surface area contributed by atoms with Crippen molar-refractivity contribution in [3.05, 3.63) is 66.4 Å². The summed E-state index contributed by atoms with van der Waals surface area (Å²) in [6.07, 6.45) is 6.71. The quantitative estimate of drug-likeness (QED) is 0.779. The Labute approximate surface area is 146 Å². The van der Waals surface area contributed by atoms with Gasteiger partial charge in [0.05, 0.1) is 0 Å². The minimum Gasteiger partial charge on any atom is -0.461 e. The Bertz CT molecular complexity index is 851. The molecule has 0 bridgehead atoms. The van der Waals surface area contributed by atoms with Crippen LogP contribution in [0.25, 0.3) is 11.3 Å². The summed E-state index contributed by atoms with van der Waals surface area (Å²) < 4.78 is 7.97. The number of hydrogen-bond donors (Lipinski definition) is 1. The molecule has 1 atom stereocenters. The van der Waals surface area contributed by atoms with E-state index in [4.69, 9.17) is 4.42 Å². The molecule has 5 heteroatoms. The second-order valence-electron chi connectivity index (χ2n) is 6.43. The van der Waals surface area contributed by atoms with Gasteiger partial charge in [-0.05, 0) is 18.6 Å². The molecule has 0 radical (unpaired) electrons. The molecule has 0 saturated heterocycles. The molecule has 2 aromatic heterocycles. The molecule has 0 fully saturated rings.